The van der Waals surface area contributed by atoms with Gasteiger partial charge in [0.1, 0.15) is 18.0 Å². The van der Waals surface area contributed by atoms with Gasteiger partial charge in [-0.15, -0.1) is 0 Å². The first-order valence-electron chi connectivity index (χ1n) is 8.16. The Morgan fingerprint density at radius 1 is 1.36 bits per heavy atom. The number of carbonyl (C=O) groups is 1. The Morgan fingerprint density at radius 3 is 2.77 bits per heavy atom. The van der Waals surface area contributed by atoms with Gasteiger partial charge in [0.2, 0.25) is 5.91 Å². The van der Waals surface area contributed by atoms with Crippen LogP contribution in [0.4, 0.5) is 11.6 Å². The molecule has 2 heterocycles. The van der Waals surface area contributed by atoms with Crippen molar-refractivity contribution in [2.24, 2.45) is 11.8 Å². The van der Waals surface area contributed by atoms with Gasteiger partial charge in [0.05, 0.1) is 6.04 Å². The molecule has 1 atom stereocenters. The third-order valence-electron chi connectivity index (χ3n) is 4.64. The molecule has 3 rings (SSSR count). The Bertz CT molecular complexity index is 543. The summed E-state index contributed by atoms with van der Waals surface area (Å²) in [7, 11) is 0. The molecule has 0 aromatic carbocycles. The van der Waals surface area contributed by atoms with Gasteiger partial charge in [-0.1, -0.05) is 13.8 Å². The van der Waals surface area contributed by atoms with Gasteiger partial charge >= 0.3 is 0 Å². The second-order valence-electron chi connectivity index (χ2n) is 6.80. The van der Waals surface area contributed by atoms with Crippen molar-refractivity contribution >= 4 is 17.5 Å². The lowest BCUT2D eigenvalue weighted by molar-refractivity contribution is -0.133. The summed E-state index contributed by atoms with van der Waals surface area (Å²) in [6, 6.07) is 2.02. The largest absolute Gasteiger partial charge is 0.384 e. The quantitative estimate of drug-likeness (QED) is 0.913. The summed E-state index contributed by atoms with van der Waals surface area (Å²) in [5, 5.41) is 0. The van der Waals surface area contributed by atoms with Gasteiger partial charge < -0.3 is 15.5 Å². The lowest BCUT2D eigenvalue weighted by atomic mass is 10.0. The van der Waals surface area contributed by atoms with Crippen LogP contribution in [0.5, 0.6) is 0 Å². The molecule has 6 nitrogen and oxygen atoms in total. The molecule has 2 fully saturated rings. The zero-order valence-electron chi connectivity index (χ0n) is 13.4. The van der Waals surface area contributed by atoms with Crippen molar-refractivity contribution in [1.29, 1.82) is 0 Å². The summed E-state index contributed by atoms with van der Waals surface area (Å²) in [6.45, 7) is 6.80. The molecule has 0 spiro atoms. The Kier molecular flexibility index (Phi) is 4.18. The standard InChI is InChI=1S/C16H25N5O/c1-11(2)13-9-20(15-7-14(17)18-10-19-15)6-5-16(22)21(13)8-12-3-4-12/h7,10-13H,3-6,8-9H2,1-2H3,(H2,17,18,19)/t13-/m0/s1. The highest BCUT2D eigenvalue weighted by Gasteiger charge is 2.35. The number of nitrogens with two attached hydrogens (primary N) is 1. The van der Waals surface area contributed by atoms with E-state index in [1.54, 1.807) is 6.07 Å². The van der Waals surface area contributed by atoms with Crippen LogP contribution in [-0.4, -0.2) is 46.5 Å². The molecule has 2 N–H and O–H groups in total. The first kappa shape index (κ1) is 15.1. The molecular formula is C16H25N5O. The highest BCUT2D eigenvalue weighted by atomic mass is 16.2. The maximum atomic E-state index is 12.6. The molecule has 1 saturated heterocycles. The van der Waals surface area contributed by atoms with Crippen molar-refractivity contribution in [3.63, 3.8) is 0 Å². The molecule has 1 aliphatic heterocycles. The first-order chi connectivity index (χ1) is 10.5. The molecule has 0 bridgehead atoms. The number of rotatable bonds is 4. The van der Waals surface area contributed by atoms with Gasteiger partial charge in [-0.05, 0) is 24.7 Å². The van der Waals surface area contributed by atoms with E-state index in [0.29, 0.717) is 30.6 Å². The van der Waals surface area contributed by atoms with E-state index < -0.39 is 0 Å². The van der Waals surface area contributed by atoms with E-state index >= 15 is 0 Å². The van der Waals surface area contributed by atoms with Crippen molar-refractivity contribution in [2.75, 3.05) is 30.3 Å². The van der Waals surface area contributed by atoms with Gasteiger partial charge in [-0.2, -0.15) is 0 Å². The Labute approximate surface area is 131 Å². The number of aromatic nitrogens is 2. The Morgan fingerprint density at radius 2 is 2.14 bits per heavy atom. The zero-order valence-corrected chi connectivity index (χ0v) is 13.4. The summed E-state index contributed by atoms with van der Waals surface area (Å²) < 4.78 is 0. The summed E-state index contributed by atoms with van der Waals surface area (Å²) in [4.78, 5) is 25.1. The van der Waals surface area contributed by atoms with Gasteiger partial charge in [0, 0.05) is 32.1 Å². The molecule has 6 heteroatoms. The van der Waals surface area contributed by atoms with E-state index in [1.165, 1.54) is 19.2 Å². The molecule has 22 heavy (non-hydrogen) atoms. The van der Waals surface area contributed by atoms with E-state index in [9.17, 15) is 4.79 Å². The molecule has 1 aromatic heterocycles. The monoisotopic (exact) mass is 303 g/mol. The molecule has 0 radical (unpaired) electrons. The predicted octanol–water partition coefficient (Wildman–Crippen LogP) is 1.53. The van der Waals surface area contributed by atoms with Crippen LogP contribution in [0.2, 0.25) is 0 Å². The van der Waals surface area contributed by atoms with E-state index in [0.717, 1.165) is 18.9 Å². The fourth-order valence-corrected chi connectivity index (χ4v) is 3.10. The van der Waals surface area contributed by atoms with Gasteiger partial charge in [0.15, 0.2) is 0 Å². The topological polar surface area (TPSA) is 75.3 Å². The van der Waals surface area contributed by atoms with Gasteiger partial charge in [-0.25, -0.2) is 9.97 Å². The minimum absolute atomic E-state index is 0.229. The normalized spacial score (nSPS) is 23.0. The van der Waals surface area contributed by atoms with E-state index in [4.69, 9.17) is 5.73 Å². The van der Waals surface area contributed by atoms with Crippen LogP contribution in [0.15, 0.2) is 12.4 Å². The van der Waals surface area contributed by atoms with Crippen molar-refractivity contribution in [2.45, 2.75) is 39.2 Å². The lowest BCUT2D eigenvalue weighted by Crippen LogP contribution is -2.47. The van der Waals surface area contributed by atoms with Crippen LogP contribution in [0.1, 0.15) is 33.1 Å². The van der Waals surface area contributed by atoms with Crippen molar-refractivity contribution in [3.05, 3.63) is 12.4 Å². The Balaban J connectivity index is 1.82. The predicted molar refractivity (Wildman–Crippen MR) is 86.3 cm³/mol. The second kappa shape index (κ2) is 6.10. The van der Waals surface area contributed by atoms with E-state index in [1.807, 2.05) is 0 Å². The second-order valence-corrected chi connectivity index (χ2v) is 6.80. The molecule has 1 aromatic rings. The molecule has 2 aliphatic rings. The van der Waals surface area contributed by atoms with Crippen LogP contribution in [0, 0.1) is 11.8 Å². The van der Waals surface area contributed by atoms with E-state index in [2.05, 4.69) is 33.6 Å². The van der Waals surface area contributed by atoms with Crippen LogP contribution < -0.4 is 10.6 Å². The van der Waals surface area contributed by atoms with Crippen LogP contribution in [0.25, 0.3) is 0 Å². The summed E-state index contributed by atoms with van der Waals surface area (Å²) >= 11 is 0. The first-order valence-corrected chi connectivity index (χ1v) is 8.16. The van der Waals surface area contributed by atoms with Gasteiger partial charge in [-0.3, -0.25) is 4.79 Å². The number of anilines is 2. The molecule has 1 amide bonds. The lowest BCUT2D eigenvalue weighted by Gasteiger charge is -2.35. The van der Waals surface area contributed by atoms with Gasteiger partial charge in [0.25, 0.3) is 0 Å². The van der Waals surface area contributed by atoms with Crippen molar-refractivity contribution < 1.29 is 4.79 Å². The molecule has 120 valence electrons. The average molecular weight is 303 g/mol. The smallest absolute Gasteiger partial charge is 0.224 e. The fraction of sp³-hybridized carbons (Fsp3) is 0.688. The highest BCUT2D eigenvalue weighted by Crippen LogP contribution is 2.32. The molecule has 1 saturated carbocycles. The summed E-state index contributed by atoms with van der Waals surface area (Å²) in [5.74, 6) is 2.69. The molecule has 1 aliphatic carbocycles. The number of hydrogen-bond acceptors (Lipinski definition) is 5. The third kappa shape index (κ3) is 3.31. The fourth-order valence-electron chi connectivity index (χ4n) is 3.10. The van der Waals surface area contributed by atoms with Crippen molar-refractivity contribution in [3.8, 4) is 0 Å². The maximum Gasteiger partial charge on any atom is 0.224 e. The number of hydrogen-bond donors (Lipinski definition) is 1. The van der Waals surface area contributed by atoms with Crippen LogP contribution in [-0.2, 0) is 4.79 Å². The number of carbonyl (C=O) groups excluding carboxylic acids is 1. The van der Waals surface area contributed by atoms with Crippen molar-refractivity contribution in [1.82, 2.24) is 14.9 Å². The zero-order chi connectivity index (χ0) is 15.7. The summed E-state index contributed by atoms with van der Waals surface area (Å²) in [6.07, 6.45) is 4.56. The third-order valence-corrected chi connectivity index (χ3v) is 4.64. The minimum atomic E-state index is 0.229. The molecule has 0 unspecified atom stereocenters. The number of nitrogens with zero attached hydrogens (tertiary/aromatic N) is 4. The summed E-state index contributed by atoms with van der Waals surface area (Å²) in [5.41, 5.74) is 5.77. The average Bonchev–Trinajstić information content (AvgIpc) is 3.29. The highest BCUT2D eigenvalue weighted by molar-refractivity contribution is 5.78. The van der Waals surface area contributed by atoms with E-state index in [-0.39, 0.29) is 11.9 Å². The number of nitrogen functional groups attached to an aromatic ring is 1. The Hall–Kier alpha value is -1.85. The minimum Gasteiger partial charge on any atom is -0.384 e. The number of amides is 1. The molecular weight excluding hydrogens is 278 g/mol. The SMILES string of the molecule is CC(C)[C@@H]1CN(c2cc(N)ncn2)CCC(=O)N1CC1CC1. The maximum absolute atomic E-state index is 12.6. The van der Waals surface area contributed by atoms with Crippen LogP contribution >= 0.6 is 0 Å². The van der Waals surface area contributed by atoms with Crippen LogP contribution in [0.3, 0.4) is 0 Å².